The van der Waals surface area contributed by atoms with Crippen LogP contribution in [0.3, 0.4) is 0 Å². The summed E-state index contributed by atoms with van der Waals surface area (Å²) in [7, 11) is -2.21. The number of aliphatic hydroxyl groups is 1. The summed E-state index contributed by atoms with van der Waals surface area (Å²) in [5, 5.41) is 14.8. The number of ether oxygens (including phenoxy) is 1. The molecule has 2 aliphatic rings. The molecule has 26 heavy (non-hydrogen) atoms. The van der Waals surface area contributed by atoms with Crippen LogP contribution in [0.15, 0.2) is 29.2 Å². The molecule has 1 aromatic heterocycles. The normalized spacial score (nSPS) is 19.2. The van der Waals surface area contributed by atoms with Gasteiger partial charge in [0.2, 0.25) is 10.0 Å². The zero-order valence-electron chi connectivity index (χ0n) is 14.9. The van der Waals surface area contributed by atoms with Crippen molar-refractivity contribution in [3.8, 4) is 5.75 Å². The van der Waals surface area contributed by atoms with Gasteiger partial charge in [0.25, 0.3) is 0 Å². The number of nitrogens with zero attached hydrogens (tertiary/aromatic N) is 3. The Morgan fingerprint density at radius 3 is 2.73 bits per heavy atom. The molecule has 7 nitrogen and oxygen atoms in total. The third-order valence-corrected chi connectivity index (χ3v) is 6.96. The molecule has 0 amide bonds. The van der Waals surface area contributed by atoms with Gasteiger partial charge in [-0.2, -0.15) is 9.40 Å². The molecular formula is C18H23N3O4S. The molecule has 0 radical (unpaired) electrons. The molecule has 8 heteroatoms. The average molecular weight is 377 g/mol. The minimum absolute atomic E-state index is 0.186. The summed E-state index contributed by atoms with van der Waals surface area (Å²) < 4.78 is 34.8. The van der Waals surface area contributed by atoms with E-state index in [1.807, 2.05) is 19.1 Å². The van der Waals surface area contributed by atoms with Gasteiger partial charge in [0, 0.05) is 6.54 Å². The van der Waals surface area contributed by atoms with Crippen LogP contribution in [0.2, 0.25) is 0 Å². The molecule has 1 aliphatic carbocycles. The van der Waals surface area contributed by atoms with Gasteiger partial charge in [-0.3, -0.25) is 4.68 Å². The highest BCUT2D eigenvalue weighted by Crippen LogP contribution is 2.41. The Balaban J connectivity index is 1.63. The van der Waals surface area contributed by atoms with Crippen LogP contribution in [0.25, 0.3) is 0 Å². The fraction of sp³-hybridized carbons (Fsp3) is 0.500. The third kappa shape index (κ3) is 3.02. The number of hydrogen-bond donors (Lipinski definition) is 1. The molecule has 1 fully saturated rings. The maximum absolute atomic E-state index is 13.2. The van der Waals surface area contributed by atoms with Crippen molar-refractivity contribution < 1.29 is 18.3 Å². The van der Waals surface area contributed by atoms with E-state index in [2.05, 4.69) is 5.10 Å². The largest absolute Gasteiger partial charge is 0.495 e. The molecule has 1 saturated carbocycles. The average Bonchev–Trinajstić information content (AvgIpc) is 3.39. The van der Waals surface area contributed by atoms with Gasteiger partial charge in [0.15, 0.2) is 0 Å². The van der Waals surface area contributed by atoms with Crippen molar-refractivity contribution in [2.45, 2.75) is 43.9 Å². The molecule has 2 heterocycles. The zero-order valence-corrected chi connectivity index (χ0v) is 15.7. The van der Waals surface area contributed by atoms with Gasteiger partial charge in [-0.1, -0.05) is 6.07 Å². The van der Waals surface area contributed by atoms with Gasteiger partial charge in [-0.15, -0.1) is 0 Å². The number of aryl methyl sites for hydroxylation is 1. The van der Waals surface area contributed by atoms with Gasteiger partial charge >= 0.3 is 0 Å². The maximum Gasteiger partial charge on any atom is 0.247 e. The molecule has 1 N–H and O–H groups in total. The lowest BCUT2D eigenvalue weighted by molar-refractivity contribution is 0.148. The van der Waals surface area contributed by atoms with Gasteiger partial charge in [-0.25, -0.2) is 8.42 Å². The van der Waals surface area contributed by atoms with Crippen LogP contribution in [0, 0.1) is 12.8 Å². The Bertz CT molecular complexity index is 934. The Hall–Kier alpha value is -1.90. The first-order valence-corrected chi connectivity index (χ1v) is 10.2. The van der Waals surface area contributed by atoms with E-state index in [9.17, 15) is 13.5 Å². The van der Waals surface area contributed by atoms with E-state index in [4.69, 9.17) is 4.74 Å². The number of methoxy groups -OCH3 is 1. The summed E-state index contributed by atoms with van der Waals surface area (Å²) in [4.78, 5) is 0.186. The van der Waals surface area contributed by atoms with E-state index in [1.54, 1.807) is 16.8 Å². The van der Waals surface area contributed by atoms with Crippen molar-refractivity contribution in [1.82, 2.24) is 14.1 Å². The second-order valence-corrected chi connectivity index (χ2v) is 8.97. The second-order valence-electron chi connectivity index (χ2n) is 7.06. The van der Waals surface area contributed by atoms with Crippen LogP contribution in [-0.4, -0.2) is 41.3 Å². The minimum atomic E-state index is -3.68. The predicted molar refractivity (Wildman–Crippen MR) is 95.2 cm³/mol. The fourth-order valence-corrected chi connectivity index (χ4v) is 5.04. The van der Waals surface area contributed by atoms with E-state index in [0.29, 0.717) is 30.5 Å². The number of sulfonamides is 1. The highest BCUT2D eigenvalue weighted by molar-refractivity contribution is 7.89. The summed E-state index contributed by atoms with van der Waals surface area (Å²) in [6, 6.07) is 6.98. The van der Waals surface area contributed by atoms with Crippen molar-refractivity contribution in [2.75, 3.05) is 13.7 Å². The molecule has 4 rings (SSSR count). The molecule has 0 bridgehead atoms. The molecule has 140 valence electrons. The molecule has 1 atom stereocenters. The Kier molecular flexibility index (Phi) is 4.29. The smallest absolute Gasteiger partial charge is 0.247 e. The van der Waals surface area contributed by atoms with Crippen LogP contribution in [0.1, 0.15) is 35.9 Å². The van der Waals surface area contributed by atoms with Gasteiger partial charge in [-0.05, 0) is 49.4 Å². The number of aromatic nitrogens is 2. The first-order chi connectivity index (χ1) is 12.4. The van der Waals surface area contributed by atoms with Crippen LogP contribution in [0.5, 0.6) is 5.75 Å². The fourth-order valence-electron chi connectivity index (χ4n) is 3.39. The van der Waals surface area contributed by atoms with Crippen molar-refractivity contribution in [3.05, 3.63) is 41.2 Å². The second kappa shape index (κ2) is 6.37. The van der Waals surface area contributed by atoms with Crippen LogP contribution in [0.4, 0.5) is 0 Å². The van der Waals surface area contributed by atoms with E-state index in [0.717, 1.165) is 24.1 Å². The number of fused-ring (bicyclic) bond motifs is 1. The minimum Gasteiger partial charge on any atom is -0.495 e. The number of hydrogen-bond acceptors (Lipinski definition) is 5. The van der Waals surface area contributed by atoms with E-state index >= 15 is 0 Å². The summed E-state index contributed by atoms with van der Waals surface area (Å²) in [6.07, 6.45) is 1.50. The van der Waals surface area contributed by atoms with Crippen molar-refractivity contribution in [1.29, 1.82) is 0 Å². The SMILES string of the molecule is COc1ccc(C)cc1S(=O)(=O)N1CCn2nc([C@H](O)C3CC3)cc2C1. The molecule has 0 saturated heterocycles. The van der Waals surface area contributed by atoms with Crippen molar-refractivity contribution >= 4 is 10.0 Å². The van der Waals surface area contributed by atoms with Gasteiger partial charge in [0.1, 0.15) is 16.7 Å². The lowest BCUT2D eigenvalue weighted by Crippen LogP contribution is -2.38. The highest BCUT2D eigenvalue weighted by atomic mass is 32.2. The van der Waals surface area contributed by atoms with E-state index in [1.165, 1.54) is 11.4 Å². The number of benzene rings is 1. The summed E-state index contributed by atoms with van der Waals surface area (Å²) in [5.41, 5.74) is 2.32. The van der Waals surface area contributed by atoms with Crippen molar-refractivity contribution in [2.24, 2.45) is 5.92 Å². The first kappa shape index (κ1) is 17.5. The maximum atomic E-state index is 13.2. The van der Waals surface area contributed by atoms with Crippen LogP contribution < -0.4 is 4.74 Å². The first-order valence-electron chi connectivity index (χ1n) is 8.79. The highest BCUT2D eigenvalue weighted by Gasteiger charge is 2.35. The van der Waals surface area contributed by atoms with E-state index < -0.39 is 16.1 Å². The molecule has 1 aromatic carbocycles. The van der Waals surface area contributed by atoms with E-state index in [-0.39, 0.29) is 11.4 Å². The Morgan fingerprint density at radius 1 is 1.27 bits per heavy atom. The topological polar surface area (TPSA) is 84.7 Å². The lowest BCUT2D eigenvalue weighted by atomic mass is 10.1. The molecule has 1 aliphatic heterocycles. The van der Waals surface area contributed by atoms with Gasteiger partial charge in [0.05, 0.1) is 31.6 Å². The molecule has 0 unspecified atom stereocenters. The molecule has 0 spiro atoms. The number of aliphatic hydroxyl groups excluding tert-OH is 1. The monoisotopic (exact) mass is 377 g/mol. The Morgan fingerprint density at radius 2 is 2.04 bits per heavy atom. The quantitative estimate of drug-likeness (QED) is 0.860. The van der Waals surface area contributed by atoms with Gasteiger partial charge < -0.3 is 9.84 Å². The van der Waals surface area contributed by atoms with Crippen LogP contribution >= 0.6 is 0 Å². The third-order valence-electron chi connectivity index (χ3n) is 5.09. The number of rotatable bonds is 5. The summed E-state index contributed by atoms with van der Waals surface area (Å²) in [5.74, 6) is 0.642. The predicted octanol–water partition coefficient (Wildman–Crippen LogP) is 1.85. The summed E-state index contributed by atoms with van der Waals surface area (Å²) in [6.45, 7) is 2.91. The lowest BCUT2D eigenvalue weighted by Gasteiger charge is -2.27. The molecular weight excluding hydrogens is 354 g/mol. The van der Waals surface area contributed by atoms with Crippen molar-refractivity contribution in [3.63, 3.8) is 0 Å². The summed E-state index contributed by atoms with van der Waals surface area (Å²) >= 11 is 0. The molecule has 2 aromatic rings. The standard InChI is InChI=1S/C18H23N3O4S/c1-12-3-6-16(25-2)17(9-12)26(23,24)20-7-8-21-14(11-20)10-15(19-21)18(22)13-4-5-13/h3,6,9-10,13,18,22H,4-5,7-8,11H2,1-2H3/t18-/m1/s1. The van der Waals surface area contributed by atoms with Crippen LogP contribution in [-0.2, 0) is 23.1 Å². The zero-order chi connectivity index (χ0) is 18.5. The Labute approximate surface area is 153 Å².